The molecule has 0 aromatic carbocycles. The van der Waals surface area contributed by atoms with E-state index in [-0.39, 0.29) is 5.60 Å². The Morgan fingerprint density at radius 1 is 1.53 bits per heavy atom. The molecule has 1 aromatic heterocycles. The highest BCUT2D eigenvalue weighted by atomic mass is 79.9. The standard InChI is InChI=1S/C12H16BrNO/c1-12(5-2-8-15-12)11(13)9-10-3-6-14-7-4-10/h3-4,6-7,11H,2,5,8-9H2,1H3. The van der Waals surface area contributed by atoms with Crippen LogP contribution >= 0.6 is 15.9 Å². The van der Waals surface area contributed by atoms with Gasteiger partial charge in [-0.3, -0.25) is 4.98 Å². The van der Waals surface area contributed by atoms with Crippen molar-refractivity contribution in [2.45, 2.75) is 36.6 Å². The van der Waals surface area contributed by atoms with E-state index in [2.05, 4.69) is 40.0 Å². The molecule has 2 heterocycles. The Labute approximate surface area is 99.2 Å². The van der Waals surface area contributed by atoms with Crippen molar-refractivity contribution in [2.24, 2.45) is 0 Å². The minimum atomic E-state index is 0.00324. The summed E-state index contributed by atoms with van der Waals surface area (Å²) in [6.07, 6.45) is 7.00. The highest BCUT2D eigenvalue weighted by Crippen LogP contribution is 2.34. The van der Waals surface area contributed by atoms with E-state index in [1.54, 1.807) is 0 Å². The van der Waals surface area contributed by atoms with Crippen molar-refractivity contribution in [1.29, 1.82) is 0 Å². The molecule has 0 radical (unpaired) electrons. The van der Waals surface area contributed by atoms with E-state index in [1.807, 2.05) is 12.4 Å². The van der Waals surface area contributed by atoms with Gasteiger partial charge in [0.2, 0.25) is 0 Å². The SMILES string of the molecule is CC1(C(Br)Cc2ccncc2)CCCO1. The largest absolute Gasteiger partial charge is 0.374 e. The third-order valence-corrected chi connectivity index (χ3v) is 4.37. The summed E-state index contributed by atoms with van der Waals surface area (Å²) in [7, 11) is 0. The number of hydrogen-bond donors (Lipinski definition) is 0. The van der Waals surface area contributed by atoms with Crippen molar-refractivity contribution < 1.29 is 4.74 Å². The van der Waals surface area contributed by atoms with Gasteiger partial charge in [-0.2, -0.15) is 0 Å². The van der Waals surface area contributed by atoms with E-state index < -0.39 is 0 Å². The first-order chi connectivity index (χ1) is 7.21. The van der Waals surface area contributed by atoms with Crippen molar-refractivity contribution in [3.05, 3.63) is 30.1 Å². The van der Waals surface area contributed by atoms with Crippen molar-refractivity contribution >= 4 is 15.9 Å². The van der Waals surface area contributed by atoms with Crippen LogP contribution in [0.5, 0.6) is 0 Å². The van der Waals surface area contributed by atoms with Crippen molar-refractivity contribution in [3.8, 4) is 0 Å². The number of ether oxygens (including phenoxy) is 1. The third-order valence-electron chi connectivity index (χ3n) is 3.08. The molecule has 1 saturated heterocycles. The Hall–Kier alpha value is -0.410. The van der Waals surface area contributed by atoms with E-state index in [0.717, 1.165) is 19.4 Å². The maximum atomic E-state index is 5.81. The second kappa shape index (κ2) is 4.62. The lowest BCUT2D eigenvalue weighted by molar-refractivity contribution is 0.0202. The number of halogens is 1. The van der Waals surface area contributed by atoms with E-state index in [9.17, 15) is 0 Å². The number of pyridine rings is 1. The summed E-state index contributed by atoms with van der Waals surface area (Å²) in [5.74, 6) is 0. The van der Waals surface area contributed by atoms with E-state index in [0.29, 0.717) is 4.83 Å². The molecule has 0 amide bonds. The van der Waals surface area contributed by atoms with Crippen LogP contribution in [-0.4, -0.2) is 22.0 Å². The normalized spacial score (nSPS) is 27.9. The number of rotatable bonds is 3. The molecule has 1 aromatic rings. The van der Waals surface area contributed by atoms with Gasteiger partial charge in [-0.25, -0.2) is 0 Å². The number of hydrogen-bond acceptors (Lipinski definition) is 2. The zero-order valence-electron chi connectivity index (χ0n) is 8.95. The molecule has 1 fully saturated rings. The van der Waals surface area contributed by atoms with Gasteiger partial charge >= 0.3 is 0 Å². The summed E-state index contributed by atoms with van der Waals surface area (Å²) in [6.45, 7) is 3.09. The average molecular weight is 270 g/mol. The highest BCUT2D eigenvalue weighted by molar-refractivity contribution is 9.09. The van der Waals surface area contributed by atoms with Crippen LogP contribution < -0.4 is 0 Å². The summed E-state index contributed by atoms with van der Waals surface area (Å²) in [5.41, 5.74) is 1.31. The highest BCUT2D eigenvalue weighted by Gasteiger charge is 2.36. The maximum absolute atomic E-state index is 5.81. The van der Waals surface area contributed by atoms with E-state index in [4.69, 9.17) is 4.74 Å². The molecule has 2 unspecified atom stereocenters. The molecule has 0 bridgehead atoms. The second-order valence-corrected chi connectivity index (χ2v) is 5.40. The Balaban J connectivity index is 2.00. The number of alkyl halides is 1. The van der Waals surface area contributed by atoms with Gasteiger partial charge in [0.15, 0.2) is 0 Å². The Kier molecular flexibility index (Phi) is 3.42. The molecule has 2 atom stereocenters. The van der Waals surface area contributed by atoms with E-state index in [1.165, 1.54) is 12.0 Å². The lowest BCUT2D eigenvalue weighted by Gasteiger charge is -2.29. The summed E-state index contributed by atoms with van der Waals surface area (Å²) in [5, 5.41) is 0. The van der Waals surface area contributed by atoms with Gasteiger partial charge < -0.3 is 4.74 Å². The first-order valence-corrected chi connectivity index (χ1v) is 6.29. The maximum Gasteiger partial charge on any atom is 0.0783 e. The summed E-state index contributed by atoms with van der Waals surface area (Å²) in [6, 6.07) is 4.12. The Bertz CT molecular complexity index is 309. The summed E-state index contributed by atoms with van der Waals surface area (Å²) < 4.78 is 5.81. The van der Waals surface area contributed by atoms with Crippen molar-refractivity contribution in [1.82, 2.24) is 4.98 Å². The van der Waals surface area contributed by atoms with Crippen LogP contribution in [0.25, 0.3) is 0 Å². The fourth-order valence-corrected chi connectivity index (χ4v) is 2.72. The Morgan fingerprint density at radius 2 is 2.27 bits per heavy atom. The van der Waals surface area contributed by atoms with Crippen LogP contribution in [0.15, 0.2) is 24.5 Å². The molecule has 15 heavy (non-hydrogen) atoms. The lowest BCUT2D eigenvalue weighted by atomic mass is 9.94. The van der Waals surface area contributed by atoms with Gasteiger partial charge in [-0.05, 0) is 43.9 Å². The van der Waals surface area contributed by atoms with Gasteiger partial charge in [-0.15, -0.1) is 0 Å². The van der Waals surface area contributed by atoms with Crippen LogP contribution in [0.1, 0.15) is 25.3 Å². The van der Waals surface area contributed by atoms with Crippen LogP contribution in [0.2, 0.25) is 0 Å². The first-order valence-electron chi connectivity index (χ1n) is 5.38. The molecule has 3 heteroatoms. The second-order valence-electron chi connectivity index (χ2n) is 4.29. The fraction of sp³-hybridized carbons (Fsp3) is 0.583. The molecule has 0 spiro atoms. The number of nitrogens with zero attached hydrogens (tertiary/aromatic N) is 1. The van der Waals surface area contributed by atoms with Crippen LogP contribution in [0.4, 0.5) is 0 Å². The average Bonchev–Trinajstić information content (AvgIpc) is 2.68. The predicted molar refractivity (Wildman–Crippen MR) is 64.2 cm³/mol. The molecule has 0 saturated carbocycles. The minimum Gasteiger partial charge on any atom is -0.374 e. The van der Waals surface area contributed by atoms with Gasteiger partial charge in [0.1, 0.15) is 0 Å². The summed E-state index contributed by atoms with van der Waals surface area (Å²) >= 11 is 3.75. The van der Waals surface area contributed by atoms with Crippen LogP contribution in [0, 0.1) is 0 Å². The number of aromatic nitrogens is 1. The lowest BCUT2D eigenvalue weighted by Crippen LogP contribution is -2.35. The van der Waals surface area contributed by atoms with Crippen molar-refractivity contribution in [2.75, 3.05) is 6.61 Å². The smallest absolute Gasteiger partial charge is 0.0783 e. The predicted octanol–water partition coefficient (Wildman–Crippen LogP) is 2.96. The molecular weight excluding hydrogens is 254 g/mol. The topological polar surface area (TPSA) is 22.1 Å². The third kappa shape index (κ3) is 2.58. The molecule has 1 aliphatic rings. The zero-order chi connectivity index (χ0) is 10.7. The van der Waals surface area contributed by atoms with Gasteiger partial charge in [0.05, 0.1) is 5.60 Å². The van der Waals surface area contributed by atoms with Gasteiger partial charge in [0.25, 0.3) is 0 Å². The van der Waals surface area contributed by atoms with E-state index >= 15 is 0 Å². The quantitative estimate of drug-likeness (QED) is 0.788. The first kappa shape index (κ1) is 11.1. The molecule has 0 N–H and O–H groups in total. The molecule has 2 nitrogen and oxygen atoms in total. The fourth-order valence-electron chi connectivity index (χ4n) is 1.99. The van der Waals surface area contributed by atoms with Gasteiger partial charge in [-0.1, -0.05) is 15.9 Å². The monoisotopic (exact) mass is 269 g/mol. The molecule has 2 rings (SSSR count). The zero-order valence-corrected chi connectivity index (χ0v) is 10.5. The molecule has 0 aliphatic carbocycles. The van der Waals surface area contributed by atoms with Crippen LogP contribution in [-0.2, 0) is 11.2 Å². The molecule has 82 valence electrons. The van der Waals surface area contributed by atoms with Crippen molar-refractivity contribution in [3.63, 3.8) is 0 Å². The summed E-state index contributed by atoms with van der Waals surface area (Å²) in [4.78, 5) is 4.41. The van der Waals surface area contributed by atoms with Crippen LogP contribution in [0.3, 0.4) is 0 Å². The molecule has 1 aliphatic heterocycles. The minimum absolute atomic E-state index is 0.00324. The Morgan fingerprint density at radius 3 is 2.87 bits per heavy atom. The molecular formula is C12H16BrNO. The van der Waals surface area contributed by atoms with Gasteiger partial charge in [0, 0.05) is 23.8 Å².